The van der Waals surface area contributed by atoms with Crippen LogP contribution in [0.4, 0.5) is 0 Å². The summed E-state index contributed by atoms with van der Waals surface area (Å²) >= 11 is 0. The van der Waals surface area contributed by atoms with Gasteiger partial charge in [-0.1, -0.05) is 66.7 Å². The zero-order chi connectivity index (χ0) is 24.3. The Balaban J connectivity index is 1.36. The Morgan fingerprint density at radius 3 is 2.37 bits per heavy atom. The highest BCUT2D eigenvalue weighted by Crippen LogP contribution is 2.22. The minimum absolute atomic E-state index is 0.0248. The molecule has 1 aliphatic heterocycles. The third kappa shape index (κ3) is 7.62. The molecule has 0 aliphatic carbocycles. The Labute approximate surface area is 206 Å². The number of aliphatic carboxylic acids is 1. The van der Waals surface area contributed by atoms with Gasteiger partial charge in [-0.2, -0.15) is 0 Å². The fraction of sp³-hybridized carbons (Fsp3) is 0.276. The van der Waals surface area contributed by atoms with Crippen LogP contribution in [0.5, 0.6) is 5.75 Å². The maximum absolute atomic E-state index is 10.9. The summed E-state index contributed by atoms with van der Waals surface area (Å²) in [6.45, 7) is 2.77. The molecule has 0 spiro atoms. The van der Waals surface area contributed by atoms with Crippen molar-refractivity contribution in [2.75, 3.05) is 26.3 Å². The first-order valence-electron chi connectivity index (χ1n) is 12.1. The van der Waals surface area contributed by atoms with E-state index in [-0.39, 0.29) is 6.42 Å². The lowest BCUT2D eigenvalue weighted by atomic mass is 10.0. The molecule has 1 heterocycles. The maximum Gasteiger partial charge on any atom is 0.307 e. The van der Waals surface area contributed by atoms with E-state index in [1.165, 1.54) is 30.4 Å². The number of rotatable bonds is 11. The second-order valence-electron chi connectivity index (χ2n) is 8.60. The van der Waals surface area contributed by atoms with E-state index in [2.05, 4.69) is 53.0 Å². The van der Waals surface area contributed by atoms with E-state index < -0.39 is 5.97 Å². The normalized spacial score (nSPS) is 13.9. The van der Waals surface area contributed by atoms with Crippen LogP contribution >= 0.6 is 0 Å². The zero-order valence-electron chi connectivity index (χ0n) is 19.9. The van der Waals surface area contributed by atoms with Gasteiger partial charge in [0.1, 0.15) is 19.0 Å². The van der Waals surface area contributed by atoms with Crippen molar-refractivity contribution in [1.82, 2.24) is 10.4 Å². The molecule has 0 atom stereocenters. The van der Waals surface area contributed by atoms with Gasteiger partial charge < -0.3 is 14.7 Å². The number of likely N-dealkylation sites (tertiary alicyclic amines) is 1. The van der Waals surface area contributed by atoms with Gasteiger partial charge in [0.15, 0.2) is 0 Å². The number of nitrogens with one attached hydrogen (secondary N) is 1. The smallest absolute Gasteiger partial charge is 0.307 e. The number of carbonyl (C=O) groups is 1. The number of nitrogens with zero attached hydrogens (tertiary/aromatic N) is 1. The van der Waals surface area contributed by atoms with Crippen molar-refractivity contribution >= 4 is 11.7 Å². The van der Waals surface area contributed by atoms with E-state index in [9.17, 15) is 4.79 Å². The predicted molar refractivity (Wildman–Crippen MR) is 138 cm³/mol. The van der Waals surface area contributed by atoms with Crippen molar-refractivity contribution in [2.24, 2.45) is 0 Å². The summed E-state index contributed by atoms with van der Waals surface area (Å²) in [6.07, 6.45) is 5.80. The van der Waals surface area contributed by atoms with Crippen LogP contribution in [0, 0.1) is 0 Å². The Morgan fingerprint density at radius 1 is 0.886 bits per heavy atom. The summed E-state index contributed by atoms with van der Waals surface area (Å²) in [5.74, 6) is -0.229. The molecule has 0 bridgehead atoms. The topological polar surface area (TPSA) is 71.0 Å². The van der Waals surface area contributed by atoms with Crippen LogP contribution in [0.3, 0.4) is 0 Å². The molecule has 0 unspecified atom stereocenters. The van der Waals surface area contributed by atoms with E-state index in [1.807, 2.05) is 24.3 Å². The van der Waals surface area contributed by atoms with E-state index in [4.69, 9.17) is 14.7 Å². The van der Waals surface area contributed by atoms with Crippen molar-refractivity contribution in [2.45, 2.75) is 25.7 Å². The van der Waals surface area contributed by atoms with Crippen LogP contribution in [-0.4, -0.2) is 42.3 Å². The van der Waals surface area contributed by atoms with E-state index in [0.29, 0.717) is 24.5 Å². The summed E-state index contributed by atoms with van der Waals surface area (Å²) in [5, 5.41) is 8.96. The van der Waals surface area contributed by atoms with Crippen LogP contribution < -0.4 is 10.2 Å². The van der Waals surface area contributed by atoms with Crippen LogP contribution in [0.2, 0.25) is 0 Å². The number of hydrogen-bond acceptors (Lipinski definition) is 5. The largest absolute Gasteiger partial charge is 0.491 e. The number of piperidine rings is 1. The van der Waals surface area contributed by atoms with Crippen molar-refractivity contribution < 1.29 is 19.5 Å². The van der Waals surface area contributed by atoms with Gasteiger partial charge >= 0.3 is 5.97 Å². The van der Waals surface area contributed by atoms with Crippen LogP contribution in [0.25, 0.3) is 16.8 Å². The molecule has 3 aromatic carbocycles. The molecule has 4 rings (SSSR count). The summed E-state index contributed by atoms with van der Waals surface area (Å²) < 4.78 is 5.74. The van der Waals surface area contributed by atoms with Crippen molar-refractivity contribution in [3.63, 3.8) is 0 Å². The van der Waals surface area contributed by atoms with Gasteiger partial charge in [0.2, 0.25) is 0 Å². The van der Waals surface area contributed by atoms with E-state index in [1.54, 1.807) is 18.2 Å². The lowest BCUT2D eigenvalue weighted by molar-refractivity contribution is -0.136. The second-order valence-corrected chi connectivity index (χ2v) is 8.60. The minimum Gasteiger partial charge on any atom is -0.491 e. The molecule has 182 valence electrons. The van der Waals surface area contributed by atoms with Gasteiger partial charge in [0.05, 0.1) is 12.1 Å². The molecular formula is C29H32N2O4. The molecule has 3 aromatic rings. The van der Waals surface area contributed by atoms with E-state index in [0.717, 1.165) is 24.4 Å². The van der Waals surface area contributed by atoms with Gasteiger partial charge in [0.25, 0.3) is 0 Å². The first-order valence-corrected chi connectivity index (χ1v) is 12.1. The highest BCUT2D eigenvalue weighted by molar-refractivity contribution is 5.70. The molecule has 0 aromatic heterocycles. The fourth-order valence-electron chi connectivity index (χ4n) is 4.11. The predicted octanol–water partition coefficient (Wildman–Crippen LogP) is 5.37. The molecule has 2 N–H and O–H groups in total. The number of hydroxylamine groups is 1. The summed E-state index contributed by atoms with van der Waals surface area (Å²) in [7, 11) is 0. The van der Waals surface area contributed by atoms with Crippen LogP contribution in [0.1, 0.15) is 30.4 Å². The van der Waals surface area contributed by atoms with Gasteiger partial charge in [0, 0.05) is 24.9 Å². The highest BCUT2D eigenvalue weighted by atomic mass is 16.7. The zero-order valence-corrected chi connectivity index (χ0v) is 19.9. The molecule has 1 aliphatic rings. The highest BCUT2D eigenvalue weighted by Gasteiger charge is 2.10. The quantitative estimate of drug-likeness (QED) is 0.289. The van der Waals surface area contributed by atoms with E-state index >= 15 is 0 Å². The molecule has 1 saturated heterocycles. The van der Waals surface area contributed by atoms with Gasteiger partial charge in [-0.15, -0.1) is 0 Å². The lowest BCUT2D eigenvalue weighted by Gasteiger charge is -2.26. The fourth-order valence-corrected chi connectivity index (χ4v) is 4.11. The number of benzene rings is 3. The molecule has 0 radical (unpaired) electrons. The van der Waals surface area contributed by atoms with Gasteiger partial charge in [-0.3, -0.25) is 15.1 Å². The van der Waals surface area contributed by atoms with Crippen molar-refractivity contribution in [3.05, 3.63) is 96.2 Å². The monoisotopic (exact) mass is 472 g/mol. The Hall–Kier alpha value is -3.77. The van der Waals surface area contributed by atoms with Crippen LogP contribution in [0.15, 0.2) is 85.1 Å². The third-order valence-electron chi connectivity index (χ3n) is 5.90. The first kappa shape index (κ1) is 24.4. The molecule has 0 amide bonds. The number of carboxylic acid groups (broad SMARTS) is 1. The average molecular weight is 473 g/mol. The minimum atomic E-state index is -0.862. The van der Waals surface area contributed by atoms with Crippen molar-refractivity contribution in [1.29, 1.82) is 0 Å². The number of ether oxygens (including phenoxy) is 1. The molecular weight excluding hydrogens is 440 g/mol. The summed E-state index contributed by atoms with van der Waals surface area (Å²) in [5.41, 5.74) is 8.16. The summed E-state index contributed by atoms with van der Waals surface area (Å²) in [4.78, 5) is 19.0. The second kappa shape index (κ2) is 12.6. The maximum atomic E-state index is 10.9. The van der Waals surface area contributed by atoms with Crippen LogP contribution in [-0.2, 0) is 16.1 Å². The van der Waals surface area contributed by atoms with Gasteiger partial charge in [-0.05, 0) is 48.1 Å². The first-order chi connectivity index (χ1) is 17.2. The average Bonchev–Trinajstić information content (AvgIpc) is 2.89. The molecule has 6 heteroatoms. The molecule has 1 fully saturated rings. The third-order valence-corrected chi connectivity index (χ3v) is 5.90. The molecule has 0 saturated carbocycles. The number of hydrogen-bond donors (Lipinski definition) is 2. The molecule has 6 nitrogen and oxygen atoms in total. The Kier molecular flexibility index (Phi) is 8.79. The lowest BCUT2D eigenvalue weighted by Crippen LogP contribution is -2.27. The molecule has 35 heavy (non-hydrogen) atoms. The Morgan fingerprint density at radius 2 is 1.63 bits per heavy atom. The van der Waals surface area contributed by atoms with Gasteiger partial charge in [-0.25, -0.2) is 0 Å². The summed E-state index contributed by atoms with van der Waals surface area (Å²) in [6, 6.07) is 25.9. The standard InChI is InChI=1S/C29H32N2O4/c32-29(33)21-23-8-7-11-27(20-23)34-18-19-35-30-28(22-31-16-5-2-6-17-31)26-14-12-25(13-15-26)24-9-3-1-4-10-24/h1,3-4,7-15,20,22,30H,2,5-6,16-19,21H2,(H,32,33). The SMILES string of the molecule is O=C(O)Cc1cccc(OCCONC(=CN2CCCCC2)c2ccc(-c3ccccc3)cc2)c1. The van der Waals surface area contributed by atoms with Crippen molar-refractivity contribution in [3.8, 4) is 16.9 Å². The Bertz CT molecular complexity index is 1110. The number of carboxylic acids is 1.